The van der Waals surface area contributed by atoms with Crippen LogP contribution in [0.25, 0.3) is 5.78 Å². The van der Waals surface area contributed by atoms with Gasteiger partial charge in [0.15, 0.2) is 0 Å². The van der Waals surface area contributed by atoms with Gasteiger partial charge in [-0.15, -0.1) is 0 Å². The van der Waals surface area contributed by atoms with Crippen molar-refractivity contribution in [1.29, 1.82) is 0 Å². The van der Waals surface area contributed by atoms with Gasteiger partial charge in [0.2, 0.25) is 11.7 Å². The molecule has 0 saturated heterocycles. The van der Waals surface area contributed by atoms with Crippen LogP contribution in [0.2, 0.25) is 0 Å². The number of hydrogen-bond donors (Lipinski definition) is 2. The number of rotatable bonds is 6. The summed E-state index contributed by atoms with van der Waals surface area (Å²) in [5, 5.41) is 6.08. The molecule has 8 nitrogen and oxygen atoms in total. The molecule has 4 aromatic rings. The van der Waals surface area contributed by atoms with E-state index in [-0.39, 0.29) is 11.9 Å². The number of amides is 1. The molecule has 1 atom stereocenters. The molecule has 2 N–H and O–H groups in total. The first kappa shape index (κ1) is 17.6. The Morgan fingerprint density at radius 3 is 2.61 bits per heavy atom. The maximum absolute atomic E-state index is 12.6. The summed E-state index contributed by atoms with van der Waals surface area (Å²) in [5.74, 6) is 0.786. The second-order valence-corrected chi connectivity index (χ2v) is 6.21. The molecule has 0 saturated carbocycles. The van der Waals surface area contributed by atoms with Crippen LogP contribution in [0, 0.1) is 0 Å². The Balaban J connectivity index is 1.45. The van der Waals surface area contributed by atoms with E-state index in [9.17, 15) is 4.79 Å². The second-order valence-electron chi connectivity index (χ2n) is 6.21. The highest BCUT2D eigenvalue weighted by Crippen LogP contribution is 2.17. The number of para-hydroxylation sites is 1. The second kappa shape index (κ2) is 7.83. The molecule has 140 valence electrons. The number of aromatic nitrogens is 5. The summed E-state index contributed by atoms with van der Waals surface area (Å²) < 4.78 is 1.83. The lowest BCUT2D eigenvalue weighted by Crippen LogP contribution is -2.28. The van der Waals surface area contributed by atoms with E-state index in [1.165, 1.54) is 12.4 Å². The van der Waals surface area contributed by atoms with E-state index in [1.807, 2.05) is 60.1 Å². The minimum atomic E-state index is -0.247. The van der Waals surface area contributed by atoms with Crippen molar-refractivity contribution in [3.05, 3.63) is 78.6 Å². The number of carbonyl (C=O) groups excluding carboxylic acids is 1. The molecule has 0 aliphatic carbocycles. The summed E-state index contributed by atoms with van der Waals surface area (Å²) in [6, 6.07) is 11.2. The van der Waals surface area contributed by atoms with Gasteiger partial charge < -0.3 is 10.6 Å². The zero-order chi connectivity index (χ0) is 19.3. The smallest absolute Gasteiger partial charge is 0.254 e. The highest BCUT2D eigenvalue weighted by Gasteiger charge is 2.18. The molecule has 3 heterocycles. The largest absolute Gasteiger partial charge is 0.344 e. The third kappa shape index (κ3) is 3.80. The SMILES string of the molecule is CC[C@H](NC(=O)c1cnc(Nc2ccccc2)nc1)c1cn2cccnc2n1. The van der Waals surface area contributed by atoms with E-state index in [0.29, 0.717) is 23.7 Å². The van der Waals surface area contributed by atoms with Gasteiger partial charge >= 0.3 is 0 Å². The topological polar surface area (TPSA) is 97.1 Å². The first-order valence-electron chi connectivity index (χ1n) is 8.97. The van der Waals surface area contributed by atoms with E-state index in [4.69, 9.17) is 0 Å². The Hall–Kier alpha value is -3.81. The first-order valence-corrected chi connectivity index (χ1v) is 8.97. The van der Waals surface area contributed by atoms with E-state index in [0.717, 1.165) is 11.4 Å². The van der Waals surface area contributed by atoms with Gasteiger partial charge in [0.1, 0.15) is 0 Å². The van der Waals surface area contributed by atoms with Gasteiger partial charge in [-0.1, -0.05) is 25.1 Å². The third-order valence-electron chi connectivity index (χ3n) is 4.27. The van der Waals surface area contributed by atoms with Crippen molar-refractivity contribution in [2.75, 3.05) is 5.32 Å². The first-order chi connectivity index (χ1) is 13.7. The van der Waals surface area contributed by atoms with Gasteiger partial charge in [-0.25, -0.2) is 19.9 Å². The van der Waals surface area contributed by atoms with Crippen molar-refractivity contribution in [2.45, 2.75) is 19.4 Å². The summed E-state index contributed by atoms with van der Waals surface area (Å²) in [6.07, 6.45) is 9.15. The lowest BCUT2D eigenvalue weighted by atomic mass is 10.1. The maximum Gasteiger partial charge on any atom is 0.254 e. The molecule has 0 spiro atoms. The fourth-order valence-electron chi connectivity index (χ4n) is 2.80. The predicted molar refractivity (Wildman–Crippen MR) is 105 cm³/mol. The van der Waals surface area contributed by atoms with Gasteiger partial charge in [0.05, 0.1) is 17.3 Å². The molecule has 3 aromatic heterocycles. The van der Waals surface area contributed by atoms with Crippen molar-refractivity contribution in [3.63, 3.8) is 0 Å². The molecule has 0 aliphatic heterocycles. The van der Waals surface area contributed by atoms with E-state index < -0.39 is 0 Å². The number of carbonyl (C=O) groups is 1. The lowest BCUT2D eigenvalue weighted by molar-refractivity contribution is 0.0934. The molecular formula is C20H19N7O. The maximum atomic E-state index is 12.6. The van der Waals surface area contributed by atoms with Crippen LogP contribution in [-0.4, -0.2) is 30.2 Å². The van der Waals surface area contributed by atoms with Crippen molar-refractivity contribution < 1.29 is 4.79 Å². The van der Waals surface area contributed by atoms with Crippen LogP contribution in [0.5, 0.6) is 0 Å². The van der Waals surface area contributed by atoms with Gasteiger partial charge in [0.25, 0.3) is 5.91 Å². The Bertz CT molecular complexity index is 1040. The van der Waals surface area contributed by atoms with Crippen LogP contribution < -0.4 is 10.6 Å². The molecule has 28 heavy (non-hydrogen) atoms. The lowest BCUT2D eigenvalue weighted by Gasteiger charge is -2.14. The van der Waals surface area contributed by atoms with Gasteiger partial charge in [-0.2, -0.15) is 0 Å². The summed E-state index contributed by atoms with van der Waals surface area (Å²) in [6.45, 7) is 1.99. The van der Waals surface area contributed by atoms with Crippen LogP contribution in [-0.2, 0) is 0 Å². The Labute approximate surface area is 161 Å². The Kier molecular flexibility index (Phi) is 4.92. The normalized spacial score (nSPS) is 11.9. The number of hydrogen-bond acceptors (Lipinski definition) is 6. The van der Waals surface area contributed by atoms with Crippen molar-refractivity contribution >= 4 is 23.3 Å². The molecule has 8 heteroatoms. The fourth-order valence-corrected chi connectivity index (χ4v) is 2.80. The molecule has 0 fully saturated rings. The summed E-state index contributed by atoms with van der Waals surface area (Å²) in [4.78, 5) is 29.8. The predicted octanol–water partition coefficient (Wildman–Crippen LogP) is 3.14. The van der Waals surface area contributed by atoms with Gasteiger partial charge in [-0.05, 0) is 24.6 Å². The molecule has 0 radical (unpaired) electrons. The summed E-state index contributed by atoms with van der Waals surface area (Å²) in [5.41, 5.74) is 2.03. The van der Waals surface area contributed by atoms with E-state index in [2.05, 4.69) is 30.6 Å². The van der Waals surface area contributed by atoms with Crippen LogP contribution in [0.4, 0.5) is 11.6 Å². The molecule has 0 unspecified atom stereocenters. The molecular weight excluding hydrogens is 354 g/mol. The van der Waals surface area contributed by atoms with Crippen LogP contribution in [0.3, 0.4) is 0 Å². The highest BCUT2D eigenvalue weighted by molar-refractivity contribution is 5.93. The average molecular weight is 373 g/mol. The number of nitrogens with one attached hydrogen (secondary N) is 2. The highest BCUT2D eigenvalue weighted by atomic mass is 16.1. The van der Waals surface area contributed by atoms with Crippen molar-refractivity contribution in [3.8, 4) is 0 Å². The molecule has 1 amide bonds. The van der Waals surface area contributed by atoms with Gasteiger partial charge in [-0.3, -0.25) is 9.20 Å². The molecule has 1 aromatic carbocycles. The fraction of sp³-hybridized carbons (Fsp3) is 0.150. The van der Waals surface area contributed by atoms with E-state index >= 15 is 0 Å². The monoisotopic (exact) mass is 373 g/mol. The average Bonchev–Trinajstić information content (AvgIpc) is 3.17. The van der Waals surface area contributed by atoms with Crippen molar-refractivity contribution in [2.24, 2.45) is 0 Å². The Morgan fingerprint density at radius 1 is 1.11 bits per heavy atom. The number of imidazole rings is 1. The minimum absolute atomic E-state index is 0.226. The molecule has 0 aliphatic rings. The van der Waals surface area contributed by atoms with Crippen molar-refractivity contribution in [1.82, 2.24) is 29.7 Å². The number of nitrogens with zero attached hydrogens (tertiary/aromatic N) is 5. The molecule has 0 bridgehead atoms. The number of fused-ring (bicyclic) bond motifs is 1. The summed E-state index contributed by atoms with van der Waals surface area (Å²) in [7, 11) is 0. The van der Waals surface area contributed by atoms with E-state index in [1.54, 1.807) is 6.20 Å². The quantitative estimate of drug-likeness (QED) is 0.539. The zero-order valence-corrected chi connectivity index (χ0v) is 15.3. The zero-order valence-electron chi connectivity index (χ0n) is 15.3. The minimum Gasteiger partial charge on any atom is -0.344 e. The standard InChI is InChI=1S/C20H19N7O/c1-2-16(17-13-27-10-6-9-21-20(27)26-17)25-18(28)14-11-22-19(23-12-14)24-15-7-4-3-5-8-15/h3-13,16H,2H2,1H3,(H,25,28)(H,22,23,24)/t16-/m0/s1. The molecule has 4 rings (SSSR count). The number of benzene rings is 1. The Morgan fingerprint density at radius 2 is 1.89 bits per heavy atom. The van der Waals surface area contributed by atoms with Crippen LogP contribution in [0.15, 0.2) is 67.4 Å². The van der Waals surface area contributed by atoms with Crippen LogP contribution in [0.1, 0.15) is 35.4 Å². The summed E-state index contributed by atoms with van der Waals surface area (Å²) >= 11 is 0. The van der Waals surface area contributed by atoms with Crippen LogP contribution >= 0.6 is 0 Å². The van der Waals surface area contributed by atoms with Gasteiger partial charge in [0, 0.05) is 36.7 Å². The third-order valence-corrected chi connectivity index (χ3v) is 4.27. The number of anilines is 2.